The molecule has 1 aliphatic rings. The molecule has 23 heavy (non-hydrogen) atoms. The first-order valence-corrected chi connectivity index (χ1v) is 9.24. The number of carbonyl (C=O) groups is 3. The van der Waals surface area contributed by atoms with Gasteiger partial charge in [0.15, 0.2) is 0 Å². The molecule has 0 amide bonds. The third-order valence-electron chi connectivity index (χ3n) is 2.03. The Morgan fingerprint density at radius 3 is 1.61 bits per heavy atom. The maximum absolute atomic E-state index is 8.89. The third-order valence-corrected chi connectivity index (χ3v) is 4.21. The summed E-state index contributed by atoms with van der Waals surface area (Å²) in [5.41, 5.74) is 1.61. The van der Waals surface area contributed by atoms with E-state index in [9.17, 15) is 0 Å². The summed E-state index contributed by atoms with van der Waals surface area (Å²) >= 11 is 4.67. The standard InChI is InChI=1S/C9H8Br.3C2H4O2.Pb/c10-9-5-3-8(4-6-9)7-1-2-7;3*1-2(3)4;/h3,5-7H,1-2H2;3*1H3,(H,3,4);/q;;;;+3/p-3. The Hall–Kier alpha value is -0.968. The maximum atomic E-state index is 8.89. The van der Waals surface area contributed by atoms with Gasteiger partial charge in [0, 0.05) is 17.9 Å². The average Bonchev–Trinajstić information content (AvgIpc) is 3.10. The first-order chi connectivity index (χ1) is 10.5. The van der Waals surface area contributed by atoms with Gasteiger partial charge in [0.05, 0.1) is 0 Å². The summed E-state index contributed by atoms with van der Waals surface area (Å²) in [6.07, 6.45) is 2.83. The topological polar surface area (TPSA) is 120 Å². The summed E-state index contributed by atoms with van der Waals surface area (Å²) < 4.78 is 2.80. The van der Waals surface area contributed by atoms with Crippen LogP contribution < -0.4 is 18.4 Å². The van der Waals surface area contributed by atoms with Crippen LogP contribution in [-0.4, -0.2) is 43.7 Å². The van der Waals surface area contributed by atoms with Gasteiger partial charge in [-0.3, -0.25) is 0 Å². The van der Waals surface area contributed by atoms with Gasteiger partial charge in [0.1, 0.15) is 0 Å². The van der Waals surface area contributed by atoms with Gasteiger partial charge in [-0.05, 0) is 20.8 Å². The molecule has 0 aliphatic heterocycles. The number of benzene rings is 1. The van der Waals surface area contributed by atoms with Gasteiger partial charge in [-0.25, -0.2) is 0 Å². The fraction of sp³-hybridized carbons (Fsp3) is 0.400. The summed E-state index contributed by atoms with van der Waals surface area (Å²) in [6, 6.07) is 6.71. The summed E-state index contributed by atoms with van der Waals surface area (Å²) in [6.45, 7) is 2.92. The number of rotatable bonds is 1. The van der Waals surface area contributed by atoms with Crippen LogP contribution in [0.4, 0.5) is 0 Å². The Kier molecular flexibility index (Phi) is 14.2. The molecule has 1 aromatic carbocycles. The van der Waals surface area contributed by atoms with Gasteiger partial charge in [0.25, 0.3) is 0 Å². The molecule has 1 aliphatic carbocycles. The second kappa shape index (κ2) is 13.5. The quantitative estimate of drug-likeness (QED) is 0.369. The van der Waals surface area contributed by atoms with Crippen molar-refractivity contribution in [3.05, 3.63) is 28.2 Å². The maximum Gasteiger partial charge on any atom is 0.0383 e. The second-order valence-corrected chi connectivity index (χ2v) is 7.49. The average molecular weight is 580 g/mol. The summed E-state index contributed by atoms with van der Waals surface area (Å²) in [5, 5.41) is 26.7. The van der Waals surface area contributed by atoms with E-state index in [2.05, 4.69) is 34.1 Å². The number of hydrogen-bond acceptors (Lipinski definition) is 6. The van der Waals surface area contributed by atoms with Crippen LogP contribution in [0.25, 0.3) is 0 Å². The van der Waals surface area contributed by atoms with E-state index in [0.717, 1.165) is 26.7 Å². The molecule has 0 heterocycles. The van der Waals surface area contributed by atoms with Gasteiger partial charge < -0.3 is 29.7 Å². The molecule has 1 aromatic rings. The first-order valence-electron chi connectivity index (χ1n) is 6.51. The molecule has 1 fully saturated rings. The minimum atomic E-state index is -1.08. The first kappa shape index (κ1) is 24.3. The molecule has 0 aromatic heterocycles. The van der Waals surface area contributed by atoms with Crippen LogP contribution >= 0.6 is 15.9 Å². The summed E-state index contributed by atoms with van der Waals surface area (Å²) in [5.74, 6) is -2.34. The zero-order chi connectivity index (χ0) is 18.6. The van der Waals surface area contributed by atoms with Crippen molar-refractivity contribution in [1.29, 1.82) is 0 Å². The van der Waals surface area contributed by atoms with E-state index < -0.39 is 17.9 Å². The molecule has 0 saturated heterocycles. The van der Waals surface area contributed by atoms with Crippen molar-refractivity contribution in [3.8, 4) is 0 Å². The van der Waals surface area contributed by atoms with Crippen molar-refractivity contribution < 1.29 is 29.7 Å². The Morgan fingerprint density at radius 1 is 1.00 bits per heavy atom. The number of carboxylic acid groups (broad SMARTS) is 3. The van der Waals surface area contributed by atoms with Gasteiger partial charge in [-0.2, -0.15) is 0 Å². The van der Waals surface area contributed by atoms with Crippen LogP contribution in [0.5, 0.6) is 0 Å². The molecule has 6 nitrogen and oxygen atoms in total. The van der Waals surface area contributed by atoms with Crippen LogP contribution in [0.2, 0.25) is 0 Å². The van der Waals surface area contributed by atoms with E-state index in [0.29, 0.717) is 0 Å². The van der Waals surface area contributed by atoms with Gasteiger partial charge in [-0.1, -0.05) is 0 Å². The Balaban J connectivity index is 0. The van der Waals surface area contributed by atoms with Crippen molar-refractivity contribution in [3.63, 3.8) is 0 Å². The smallest absolute Gasteiger partial charge is 0.0383 e. The molecule has 0 radical (unpaired) electrons. The van der Waals surface area contributed by atoms with Crippen molar-refractivity contribution in [2.45, 2.75) is 39.5 Å². The number of aliphatic carboxylic acids is 3. The molecule has 124 valence electrons. The normalized spacial score (nSPS) is 11.4. The Labute approximate surface area is 159 Å². The minimum Gasteiger partial charge on any atom is -0.550 e. The second-order valence-electron chi connectivity index (χ2n) is 4.48. The van der Waals surface area contributed by atoms with Gasteiger partial charge in [-0.15, -0.1) is 0 Å². The zero-order valence-electron chi connectivity index (χ0n) is 13.1. The zero-order valence-corrected chi connectivity index (χ0v) is 18.5. The van der Waals surface area contributed by atoms with Gasteiger partial charge in [0.2, 0.25) is 0 Å². The number of carbonyl (C=O) groups excluding carboxylic acids is 3. The van der Waals surface area contributed by atoms with E-state index in [1.54, 1.807) is 8.69 Å². The molecule has 2 rings (SSSR count). The summed E-state index contributed by atoms with van der Waals surface area (Å²) in [7, 11) is 0. The number of carboxylic acids is 3. The van der Waals surface area contributed by atoms with E-state index >= 15 is 0 Å². The number of halogens is 1. The minimum absolute atomic E-state index is 0.913. The third kappa shape index (κ3) is 21.0. The molecule has 0 bridgehead atoms. The molecule has 8 heteroatoms. The fourth-order valence-corrected chi connectivity index (χ4v) is 4.18. The van der Waals surface area contributed by atoms with Crippen molar-refractivity contribution in [2.75, 3.05) is 0 Å². The summed E-state index contributed by atoms with van der Waals surface area (Å²) in [4.78, 5) is 26.7. The SMILES string of the molecule is Brc1ccc(C2CC2)[c]([Pb+3])c1.CC(=O)[O-].CC(=O)[O-].CC(=O)[O-]. The van der Waals surface area contributed by atoms with E-state index in [-0.39, 0.29) is 0 Å². The molecular formula is C15H17BrO6Pb. The molecule has 1 saturated carbocycles. The Bertz CT molecular complexity index is 488. The van der Waals surface area contributed by atoms with Crippen molar-refractivity contribution >= 4 is 62.7 Å². The molecule has 0 spiro atoms. The Morgan fingerprint density at radius 2 is 1.35 bits per heavy atom. The van der Waals surface area contributed by atoms with Crippen LogP contribution in [-0.2, 0) is 14.4 Å². The largest absolute Gasteiger partial charge is 0.550 e. The van der Waals surface area contributed by atoms with Crippen LogP contribution in [0.3, 0.4) is 0 Å². The van der Waals surface area contributed by atoms with E-state index in [4.69, 9.17) is 29.7 Å². The fourth-order valence-electron chi connectivity index (χ4n) is 1.28. The predicted molar refractivity (Wildman–Crippen MR) is 83.5 cm³/mol. The van der Waals surface area contributed by atoms with Crippen LogP contribution in [0.1, 0.15) is 45.1 Å². The van der Waals surface area contributed by atoms with E-state index in [1.807, 2.05) is 0 Å². The molecule has 0 N–H and O–H groups in total. The van der Waals surface area contributed by atoms with Gasteiger partial charge >= 0.3 is 91.8 Å². The molecule has 0 unspecified atom stereocenters. The van der Waals surface area contributed by atoms with Crippen LogP contribution in [0.15, 0.2) is 22.7 Å². The monoisotopic (exact) mass is 580 g/mol. The van der Waals surface area contributed by atoms with Crippen LogP contribution in [0, 0.1) is 0 Å². The van der Waals surface area contributed by atoms with E-state index in [1.165, 1.54) is 43.1 Å². The number of hydrogen-bond donors (Lipinski definition) is 0. The van der Waals surface area contributed by atoms with Crippen molar-refractivity contribution in [1.82, 2.24) is 0 Å². The molecular weight excluding hydrogens is 563 g/mol. The predicted octanol–water partition coefficient (Wildman–Crippen LogP) is -1.61. The van der Waals surface area contributed by atoms with Crippen molar-refractivity contribution in [2.24, 2.45) is 0 Å². The molecule has 0 atom stereocenters.